The second-order valence-corrected chi connectivity index (χ2v) is 5.01. The fourth-order valence-corrected chi connectivity index (χ4v) is 1.81. The van der Waals surface area contributed by atoms with Gasteiger partial charge in [0.05, 0.1) is 0 Å². The number of ether oxygens (including phenoxy) is 1. The number of carbonyl (C=O) groups excluding carboxylic acids is 1. The van der Waals surface area contributed by atoms with Crippen LogP contribution in [0.2, 0.25) is 0 Å². The molecule has 0 aliphatic heterocycles. The molecule has 4 nitrogen and oxygen atoms in total. The summed E-state index contributed by atoms with van der Waals surface area (Å²) in [6.07, 6.45) is 3.85. The van der Waals surface area contributed by atoms with Crippen LogP contribution in [-0.2, 0) is 11.2 Å². The molecule has 1 atom stereocenters. The van der Waals surface area contributed by atoms with Crippen molar-refractivity contribution >= 4 is 5.91 Å². The number of carbonyl (C=O) groups is 1. The van der Waals surface area contributed by atoms with Crippen LogP contribution in [0, 0.1) is 0 Å². The number of unbranched alkanes of at least 4 members (excludes halogenated alkanes) is 1. The zero-order valence-corrected chi connectivity index (χ0v) is 12.5. The molecule has 1 rings (SSSR count). The molecule has 0 saturated heterocycles. The van der Waals surface area contributed by atoms with Crippen molar-refractivity contribution in [2.75, 3.05) is 13.2 Å². The summed E-state index contributed by atoms with van der Waals surface area (Å²) in [6.45, 7) is 4.94. The molecule has 0 radical (unpaired) electrons. The van der Waals surface area contributed by atoms with E-state index in [1.54, 1.807) is 0 Å². The number of rotatable bonds is 9. The summed E-state index contributed by atoms with van der Waals surface area (Å²) < 4.78 is 5.50. The van der Waals surface area contributed by atoms with E-state index < -0.39 is 0 Å². The van der Waals surface area contributed by atoms with Gasteiger partial charge in [-0.25, -0.2) is 0 Å². The molecule has 0 spiro atoms. The largest absolute Gasteiger partial charge is 0.484 e. The van der Waals surface area contributed by atoms with Gasteiger partial charge in [0, 0.05) is 12.6 Å². The molecule has 4 heteroatoms. The Morgan fingerprint density at radius 1 is 1.40 bits per heavy atom. The molecule has 0 heterocycles. The van der Waals surface area contributed by atoms with Crippen LogP contribution in [0.4, 0.5) is 0 Å². The Hall–Kier alpha value is -1.55. The summed E-state index contributed by atoms with van der Waals surface area (Å²) in [5.41, 5.74) is 7.08. The first kappa shape index (κ1) is 16.5. The molecule has 112 valence electrons. The molecule has 0 bridgehead atoms. The van der Waals surface area contributed by atoms with Crippen molar-refractivity contribution in [1.29, 1.82) is 0 Å². The van der Waals surface area contributed by atoms with Gasteiger partial charge < -0.3 is 15.8 Å². The van der Waals surface area contributed by atoms with Crippen LogP contribution >= 0.6 is 0 Å². The minimum Gasteiger partial charge on any atom is -0.484 e. The quantitative estimate of drug-likeness (QED) is 0.681. The topological polar surface area (TPSA) is 64.3 Å². The molecule has 0 fully saturated rings. The lowest BCUT2D eigenvalue weighted by Gasteiger charge is -2.11. The Balaban J connectivity index is 2.40. The van der Waals surface area contributed by atoms with E-state index in [0.717, 1.165) is 37.0 Å². The smallest absolute Gasteiger partial charge is 0.257 e. The highest BCUT2D eigenvalue weighted by Gasteiger charge is 2.05. The third-order valence-electron chi connectivity index (χ3n) is 3.14. The highest BCUT2D eigenvalue weighted by Crippen LogP contribution is 2.14. The highest BCUT2D eigenvalue weighted by molar-refractivity contribution is 5.77. The van der Waals surface area contributed by atoms with Crippen LogP contribution in [0.3, 0.4) is 0 Å². The van der Waals surface area contributed by atoms with Gasteiger partial charge in [0.15, 0.2) is 6.61 Å². The van der Waals surface area contributed by atoms with E-state index >= 15 is 0 Å². The van der Waals surface area contributed by atoms with Gasteiger partial charge in [0.2, 0.25) is 0 Å². The lowest BCUT2D eigenvalue weighted by Crippen LogP contribution is -2.29. The predicted molar refractivity (Wildman–Crippen MR) is 81.8 cm³/mol. The molecule has 3 N–H and O–H groups in total. The van der Waals surface area contributed by atoms with E-state index in [-0.39, 0.29) is 18.6 Å². The Morgan fingerprint density at radius 3 is 2.90 bits per heavy atom. The van der Waals surface area contributed by atoms with Gasteiger partial charge >= 0.3 is 0 Å². The maximum absolute atomic E-state index is 11.5. The molecule has 1 unspecified atom stereocenters. The van der Waals surface area contributed by atoms with Gasteiger partial charge in [-0.2, -0.15) is 0 Å². The van der Waals surface area contributed by atoms with E-state index in [1.807, 2.05) is 24.3 Å². The SMILES string of the molecule is CCCCNC(=O)COc1cccc(CC(N)CC)c1. The summed E-state index contributed by atoms with van der Waals surface area (Å²) >= 11 is 0. The van der Waals surface area contributed by atoms with Gasteiger partial charge in [-0.3, -0.25) is 4.79 Å². The van der Waals surface area contributed by atoms with Crippen molar-refractivity contribution in [3.8, 4) is 5.75 Å². The van der Waals surface area contributed by atoms with Gasteiger partial charge in [0.25, 0.3) is 5.91 Å². The van der Waals surface area contributed by atoms with Gasteiger partial charge in [0.1, 0.15) is 5.75 Å². The first-order chi connectivity index (χ1) is 9.65. The normalized spacial score (nSPS) is 11.9. The van der Waals surface area contributed by atoms with Crippen molar-refractivity contribution in [1.82, 2.24) is 5.32 Å². The van der Waals surface area contributed by atoms with Crippen molar-refractivity contribution < 1.29 is 9.53 Å². The van der Waals surface area contributed by atoms with Crippen molar-refractivity contribution in [3.05, 3.63) is 29.8 Å². The van der Waals surface area contributed by atoms with Crippen LogP contribution in [-0.4, -0.2) is 25.1 Å². The molecule has 1 amide bonds. The summed E-state index contributed by atoms with van der Waals surface area (Å²) in [6, 6.07) is 7.95. The minimum atomic E-state index is -0.0749. The molecule has 1 aromatic rings. The third-order valence-corrected chi connectivity index (χ3v) is 3.14. The summed E-state index contributed by atoms with van der Waals surface area (Å²) in [5, 5.41) is 2.83. The fraction of sp³-hybridized carbons (Fsp3) is 0.562. The Bertz CT molecular complexity index is 407. The fourth-order valence-electron chi connectivity index (χ4n) is 1.81. The second-order valence-electron chi connectivity index (χ2n) is 5.01. The van der Waals surface area contributed by atoms with Crippen molar-refractivity contribution in [3.63, 3.8) is 0 Å². The van der Waals surface area contributed by atoms with Gasteiger partial charge in [-0.1, -0.05) is 32.4 Å². The zero-order chi connectivity index (χ0) is 14.8. The van der Waals surface area contributed by atoms with Gasteiger partial charge in [-0.15, -0.1) is 0 Å². The third kappa shape index (κ3) is 6.57. The van der Waals surface area contributed by atoms with Crippen LogP contribution in [0.5, 0.6) is 5.75 Å². The Labute approximate surface area is 121 Å². The molecular formula is C16H26N2O2. The molecular weight excluding hydrogens is 252 g/mol. The van der Waals surface area contributed by atoms with Crippen molar-refractivity contribution in [2.45, 2.75) is 45.6 Å². The Morgan fingerprint density at radius 2 is 2.20 bits per heavy atom. The number of amides is 1. The lowest BCUT2D eigenvalue weighted by atomic mass is 10.0. The molecule has 0 saturated carbocycles. The van der Waals surface area contributed by atoms with Crippen molar-refractivity contribution in [2.24, 2.45) is 5.73 Å². The molecule has 0 aliphatic carbocycles. The van der Waals surface area contributed by atoms with E-state index in [9.17, 15) is 4.79 Å². The number of hydrogen-bond acceptors (Lipinski definition) is 3. The van der Waals surface area contributed by atoms with Crippen LogP contribution in [0.1, 0.15) is 38.7 Å². The lowest BCUT2D eigenvalue weighted by molar-refractivity contribution is -0.123. The maximum atomic E-state index is 11.5. The predicted octanol–water partition coefficient (Wildman–Crippen LogP) is 2.26. The average Bonchev–Trinajstić information content (AvgIpc) is 2.45. The van der Waals surface area contributed by atoms with Crippen LogP contribution in [0.25, 0.3) is 0 Å². The number of nitrogens with one attached hydrogen (secondary N) is 1. The molecule has 0 aliphatic rings. The summed E-state index contributed by atoms with van der Waals surface area (Å²) in [4.78, 5) is 11.5. The first-order valence-electron chi connectivity index (χ1n) is 7.39. The first-order valence-corrected chi connectivity index (χ1v) is 7.39. The molecule has 20 heavy (non-hydrogen) atoms. The maximum Gasteiger partial charge on any atom is 0.257 e. The van der Waals surface area contributed by atoms with E-state index in [2.05, 4.69) is 19.2 Å². The average molecular weight is 278 g/mol. The van der Waals surface area contributed by atoms with Crippen LogP contribution < -0.4 is 15.8 Å². The highest BCUT2D eigenvalue weighted by atomic mass is 16.5. The number of benzene rings is 1. The van der Waals surface area contributed by atoms with E-state index in [4.69, 9.17) is 10.5 Å². The van der Waals surface area contributed by atoms with Gasteiger partial charge in [-0.05, 0) is 37.0 Å². The summed E-state index contributed by atoms with van der Waals surface area (Å²) in [7, 11) is 0. The van der Waals surface area contributed by atoms with E-state index in [1.165, 1.54) is 0 Å². The Kier molecular flexibility index (Phi) is 7.73. The monoisotopic (exact) mass is 278 g/mol. The summed E-state index contributed by atoms with van der Waals surface area (Å²) in [5.74, 6) is 0.644. The second kappa shape index (κ2) is 9.37. The van der Waals surface area contributed by atoms with Crippen LogP contribution in [0.15, 0.2) is 24.3 Å². The molecule has 1 aromatic carbocycles. The zero-order valence-electron chi connectivity index (χ0n) is 12.5. The minimum absolute atomic E-state index is 0.0625. The number of hydrogen-bond donors (Lipinski definition) is 2. The standard InChI is InChI=1S/C16H26N2O2/c1-3-5-9-18-16(19)12-20-15-8-6-7-13(11-15)10-14(17)4-2/h6-8,11,14H,3-5,9-10,12,17H2,1-2H3,(H,18,19). The van der Waals surface area contributed by atoms with E-state index in [0.29, 0.717) is 6.54 Å². The molecule has 0 aromatic heterocycles. The number of nitrogens with two attached hydrogens (primary N) is 1.